The van der Waals surface area contributed by atoms with E-state index in [1.165, 1.54) is 4.31 Å². The average Bonchev–Trinajstić information content (AvgIpc) is 2.58. The van der Waals surface area contributed by atoms with Gasteiger partial charge in [-0.15, -0.1) is 0 Å². The molecule has 0 amide bonds. The predicted molar refractivity (Wildman–Crippen MR) is 67.1 cm³/mol. The second-order valence-electron chi connectivity index (χ2n) is 4.03. The summed E-state index contributed by atoms with van der Waals surface area (Å²) in [6, 6.07) is 0. The van der Waals surface area contributed by atoms with Crippen molar-refractivity contribution in [1.29, 1.82) is 0 Å². The Balaban J connectivity index is 2.52. The lowest BCUT2D eigenvalue weighted by molar-refractivity contribution is 0.137. The van der Waals surface area contributed by atoms with Gasteiger partial charge in [-0.3, -0.25) is 0 Å². The van der Waals surface area contributed by atoms with Crippen LogP contribution in [0.4, 0.5) is 0 Å². The first kappa shape index (κ1) is 14.8. The summed E-state index contributed by atoms with van der Waals surface area (Å²) >= 11 is 0. The normalized spacial score (nSPS) is 19.5. The molecule has 17 heavy (non-hydrogen) atoms. The highest BCUT2D eigenvalue weighted by Gasteiger charge is 2.26. The van der Waals surface area contributed by atoms with Crippen molar-refractivity contribution in [2.75, 3.05) is 53.0 Å². The van der Waals surface area contributed by atoms with Crippen molar-refractivity contribution in [3.8, 4) is 0 Å². The number of hydrogen-bond acceptors (Lipinski definition) is 4. The van der Waals surface area contributed by atoms with Gasteiger partial charge in [0.1, 0.15) is 0 Å². The summed E-state index contributed by atoms with van der Waals surface area (Å²) in [5.41, 5.74) is 0. The van der Waals surface area contributed by atoms with Gasteiger partial charge in [-0.25, -0.2) is 0 Å². The van der Waals surface area contributed by atoms with Crippen LogP contribution in [0, 0.1) is 0 Å². The van der Waals surface area contributed by atoms with Crippen LogP contribution in [0.1, 0.15) is 13.3 Å². The lowest BCUT2D eigenvalue weighted by atomic mass is 10.4. The zero-order chi connectivity index (χ0) is 12.7. The van der Waals surface area contributed by atoms with Crippen LogP contribution in [0.5, 0.6) is 0 Å². The zero-order valence-corrected chi connectivity index (χ0v) is 11.5. The Morgan fingerprint density at radius 3 is 2.82 bits per heavy atom. The van der Waals surface area contributed by atoms with Crippen LogP contribution in [-0.4, -0.2) is 70.0 Å². The van der Waals surface area contributed by atoms with Crippen LogP contribution in [0.15, 0.2) is 0 Å². The maximum Gasteiger partial charge on any atom is 0.281 e. The molecule has 0 aliphatic carbocycles. The van der Waals surface area contributed by atoms with Gasteiger partial charge in [0.2, 0.25) is 0 Å². The SMILES string of the molecule is CCOCCN(C)S(=O)(=O)N1CCCNCC1. The van der Waals surface area contributed by atoms with Gasteiger partial charge in [-0.05, 0) is 19.9 Å². The Morgan fingerprint density at radius 2 is 2.12 bits per heavy atom. The Labute approximate surface area is 104 Å². The minimum Gasteiger partial charge on any atom is -0.380 e. The van der Waals surface area contributed by atoms with Crippen LogP contribution in [-0.2, 0) is 14.9 Å². The lowest BCUT2D eigenvalue weighted by Gasteiger charge is -2.26. The Kier molecular flexibility index (Phi) is 6.35. The molecule has 1 N–H and O–H groups in total. The molecule has 0 aromatic heterocycles. The van der Waals surface area contributed by atoms with Crippen molar-refractivity contribution < 1.29 is 13.2 Å². The monoisotopic (exact) mass is 265 g/mol. The molecule has 1 saturated heterocycles. The minimum atomic E-state index is -3.32. The maximum atomic E-state index is 12.2. The van der Waals surface area contributed by atoms with E-state index < -0.39 is 10.2 Å². The molecule has 1 fully saturated rings. The fourth-order valence-electron chi connectivity index (χ4n) is 1.70. The average molecular weight is 265 g/mol. The topological polar surface area (TPSA) is 61.9 Å². The number of nitrogens with one attached hydrogen (secondary N) is 1. The molecule has 1 aliphatic rings. The predicted octanol–water partition coefficient (Wildman–Crippen LogP) is -0.505. The molecule has 1 aliphatic heterocycles. The fourth-order valence-corrected chi connectivity index (χ4v) is 3.08. The molecule has 0 bridgehead atoms. The van der Waals surface area contributed by atoms with Crippen LogP contribution < -0.4 is 5.32 Å². The fraction of sp³-hybridized carbons (Fsp3) is 1.00. The van der Waals surface area contributed by atoms with E-state index in [1.54, 1.807) is 11.4 Å². The summed E-state index contributed by atoms with van der Waals surface area (Å²) in [5, 5.41) is 3.19. The molecule has 0 unspecified atom stereocenters. The third-order valence-electron chi connectivity index (χ3n) is 2.77. The van der Waals surface area contributed by atoms with E-state index in [0.717, 1.165) is 19.5 Å². The van der Waals surface area contributed by atoms with Gasteiger partial charge in [0.25, 0.3) is 10.2 Å². The van der Waals surface area contributed by atoms with E-state index in [2.05, 4.69) is 5.32 Å². The first-order valence-corrected chi connectivity index (χ1v) is 7.48. The van der Waals surface area contributed by atoms with Crippen molar-refractivity contribution in [2.24, 2.45) is 0 Å². The Morgan fingerprint density at radius 1 is 1.35 bits per heavy atom. The molecule has 7 heteroatoms. The molecular formula is C10H23N3O3S. The highest BCUT2D eigenvalue weighted by molar-refractivity contribution is 7.86. The van der Waals surface area contributed by atoms with Gasteiger partial charge in [-0.2, -0.15) is 17.0 Å². The summed E-state index contributed by atoms with van der Waals surface area (Å²) in [7, 11) is -1.72. The van der Waals surface area contributed by atoms with Crippen LogP contribution in [0.2, 0.25) is 0 Å². The molecule has 0 radical (unpaired) electrons. The van der Waals surface area contributed by atoms with Crippen LogP contribution >= 0.6 is 0 Å². The van der Waals surface area contributed by atoms with Crippen molar-refractivity contribution in [1.82, 2.24) is 13.9 Å². The Bertz CT molecular complexity index is 300. The second-order valence-corrected chi connectivity index (χ2v) is 6.06. The van der Waals surface area contributed by atoms with Gasteiger partial charge in [0.05, 0.1) is 6.61 Å². The van der Waals surface area contributed by atoms with Gasteiger partial charge >= 0.3 is 0 Å². The molecule has 0 saturated carbocycles. The number of hydrogen-bond donors (Lipinski definition) is 1. The molecule has 1 rings (SSSR count). The van der Waals surface area contributed by atoms with E-state index >= 15 is 0 Å². The molecular weight excluding hydrogens is 242 g/mol. The quantitative estimate of drug-likeness (QED) is 0.657. The van der Waals surface area contributed by atoms with Gasteiger partial charge in [0, 0.05) is 39.8 Å². The molecule has 0 aromatic carbocycles. The molecule has 102 valence electrons. The molecule has 6 nitrogen and oxygen atoms in total. The number of nitrogens with zero attached hydrogens (tertiary/aromatic N) is 2. The summed E-state index contributed by atoms with van der Waals surface area (Å²) in [6.45, 7) is 6.09. The lowest BCUT2D eigenvalue weighted by Crippen LogP contribution is -2.44. The molecule has 1 heterocycles. The summed E-state index contributed by atoms with van der Waals surface area (Å²) in [4.78, 5) is 0. The van der Waals surface area contributed by atoms with E-state index in [9.17, 15) is 8.42 Å². The zero-order valence-electron chi connectivity index (χ0n) is 10.7. The number of rotatable bonds is 6. The largest absolute Gasteiger partial charge is 0.380 e. The van der Waals surface area contributed by atoms with Crippen molar-refractivity contribution >= 4 is 10.2 Å². The van der Waals surface area contributed by atoms with Crippen molar-refractivity contribution in [3.63, 3.8) is 0 Å². The van der Waals surface area contributed by atoms with Crippen molar-refractivity contribution in [3.05, 3.63) is 0 Å². The van der Waals surface area contributed by atoms with E-state index in [0.29, 0.717) is 32.8 Å². The highest BCUT2D eigenvalue weighted by atomic mass is 32.2. The maximum absolute atomic E-state index is 12.2. The standard InChI is InChI=1S/C10H23N3O3S/c1-3-16-10-9-12(2)17(14,15)13-7-4-5-11-6-8-13/h11H,3-10H2,1-2H3. The Hall–Kier alpha value is -0.210. The first-order valence-electron chi connectivity index (χ1n) is 6.09. The number of ether oxygens (including phenoxy) is 1. The first-order chi connectivity index (χ1) is 8.09. The van der Waals surface area contributed by atoms with Crippen LogP contribution in [0.3, 0.4) is 0 Å². The summed E-state index contributed by atoms with van der Waals surface area (Å²) < 4.78 is 32.5. The number of likely N-dealkylation sites (N-methyl/N-ethyl adjacent to an activating group) is 1. The van der Waals surface area contributed by atoms with Gasteiger partial charge in [-0.1, -0.05) is 0 Å². The van der Waals surface area contributed by atoms with Crippen LogP contribution in [0.25, 0.3) is 0 Å². The van der Waals surface area contributed by atoms with E-state index in [1.807, 2.05) is 6.92 Å². The summed E-state index contributed by atoms with van der Waals surface area (Å²) in [5.74, 6) is 0. The second kappa shape index (κ2) is 7.27. The molecule has 0 spiro atoms. The molecule has 0 aromatic rings. The van der Waals surface area contributed by atoms with E-state index in [4.69, 9.17) is 4.74 Å². The van der Waals surface area contributed by atoms with Gasteiger partial charge < -0.3 is 10.1 Å². The third kappa shape index (κ3) is 4.51. The highest BCUT2D eigenvalue weighted by Crippen LogP contribution is 2.08. The third-order valence-corrected chi connectivity index (χ3v) is 4.76. The van der Waals surface area contributed by atoms with E-state index in [-0.39, 0.29) is 0 Å². The summed E-state index contributed by atoms with van der Waals surface area (Å²) in [6.07, 6.45) is 0.860. The smallest absolute Gasteiger partial charge is 0.281 e. The van der Waals surface area contributed by atoms with Gasteiger partial charge in [0.15, 0.2) is 0 Å². The van der Waals surface area contributed by atoms with Crippen molar-refractivity contribution in [2.45, 2.75) is 13.3 Å². The molecule has 0 atom stereocenters. The minimum absolute atomic E-state index is 0.403.